The molecular weight excluding hydrogens is 1200 g/mol. The quantitative estimate of drug-likeness (QED) is 0.122. The normalized spacial score (nSPS) is 11.6. The van der Waals surface area contributed by atoms with Gasteiger partial charge in [0.25, 0.3) is 0 Å². The van der Waals surface area contributed by atoms with Crippen LogP contribution in [0.5, 0.6) is 0 Å². The van der Waals surface area contributed by atoms with Gasteiger partial charge in [0.15, 0.2) is 17.5 Å². The highest BCUT2D eigenvalue weighted by Gasteiger charge is 2.22. The lowest BCUT2D eigenvalue weighted by Crippen LogP contribution is -2.02. The Kier molecular flexibility index (Phi) is 13.8. The molecule has 0 amide bonds. The van der Waals surface area contributed by atoms with E-state index < -0.39 is 0 Å². The Labute approximate surface area is 572 Å². The van der Waals surface area contributed by atoms with Gasteiger partial charge in [0, 0.05) is 66.1 Å². The number of rotatable bonds is 12. The van der Waals surface area contributed by atoms with E-state index >= 15 is 0 Å². The van der Waals surface area contributed by atoms with E-state index in [4.69, 9.17) is 15.0 Å². The van der Waals surface area contributed by atoms with Crippen molar-refractivity contribution in [3.63, 3.8) is 0 Å². The molecule has 462 valence electrons. The summed E-state index contributed by atoms with van der Waals surface area (Å²) in [4.78, 5) is 16.6. The van der Waals surface area contributed by atoms with Crippen molar-refractivity contribution in [1.29, 1.82) is 0 Å². The van der Waals surface area contributed by atoms with Gasteiger partial charge in [0.05, 0.1) is 33.1 Å². The minimum absolute atomic E-state index is 0.559. The molecule has 0 N–H and O–H groups in total. The first-order valence-electron chi connectivity index (χ1n) is 33.7. The fraction of sp³-hybridized carbons (Fsp3) is 0. The number of fused-ring (bicyclic) bond motifs is 9. The van der Waals surface area contributed by atoms with Gasteiger partial charge in [0.2, 0.25) is 0 Å². The second-order valence-corrected chi connectivity index (χ2v) is 25.6. The standard InChI is InChI=1S/C93H60N6/c1-7-22-61(23-8-1)67-40-46-85-79(55-67)80-56-68(62-24-9-2-10-25-62)41-47-86(80)97(85)76-37-19-34-73(52-76)91-94-92(74-35-20-38-77(53-74)98-87-48-42-69(63-26-11-3-12-27-63)57-81(87)82-58-70(43-49-88(82)98)64-28-13-4-14-29-64)96-93(95-91)75-36-21-39-78(54-75)99-89-50-44-71(65-30-15-5-16-31-65)59-83(89)84-60-72(45-51-90(84)99)66-32-17-6-18-33-66/h1-60H. The van der Waals surface area contributed by atoms with E-state index in [9.17, 15) is 0 Å². The van der Waals surface area contributed by atoms with Crippen LogP contribution in [0.1, 0.15) is 0 Å². The fourth-order valence-electron chi connectivity index (χ4n) is 14.9. The van der Waals surface area contributed by atoms with Gasteiger partial charge < -0.3 is 13.7 Å². The van der Waals surface area contributed by atoms with Gasteiger partial charge in [-0.15, -0.1) is 0 Å². The molecule has 0 saturated carbocycles. The highest BCUT2D eigenvalue weighted by molar-refractivity contribution is 6.14. The summed E-state index contributed by atoms with van der Waals surface area (Å²) in [6, 6.07) is 131. The first kappa shape index (κ1) is 57.2. The van der Waals surface area contributed by atoms with E-state index in [2.05, 4.69) is 378 Å². The van der Waals surface area contributed by atoms with Crippen LogP contribution in [-0.2, 0) is 0 Å². The van der Waals surface area contributed by atoms with E-state index in [1.165, 1.54) is 99.1 Å². The van der Waals surface area contributed by atoms with E-state index in [0.717, 1.165) is 66.9 Å². The molecule has 4 heterocycles. The van der Waals surface area contributed by atoms with Gasteiger partial charge in [-0.25, -0.2) is 15.0 Å². The summed E-state index contributed by atoms with van der Waals surface area (Å²) < 4.78 is 7.17. The van der Waals surface area contributed by atoms with Crippen molar-refractivity contribution >= 4 is 65.4 Å². The number of nitrogens with zero attached hydrogens (tertiary/aromatic N) is 6. The minimum Gasteiger partial charge on any atom is -0.309 e. The Morgan fingerprint density at radius 1 is 0.141 bits per heavy atom. The summed E-state index contributed by atoms with van der Waals surface area (Å²) in [5.41, 5.74) is 26.2. The van der Waals surface area contributed by atoms with Crippen molar-refractivity contribution in [1.82, 2.24) is 28.7 Å². The fourth-order valence-corrected chi connectivity index (χ4v) is 14.9. The highest BCUT2D eigenvalue weighted by Crippen LogP contribution is 2.43. The molecule has 15 aromatic carbocycles. The van der Waals surface area contributed by atoms with Crippen LogP contribution in [0.25, 0.3) is 183 Å². The Balaban J connectivity index is 0.797. The van der Waals surface area contributed by atoms with Crippen LogP contribution in [0.15, 0.2) is 364 Å². The van der Waals surface area contributed by atoms with Gasteiger partial charge >= 0.3 is 0 Å². The Bertz CT molecular complexity index is 5400. The lowest BCUT2D eigenvalue weighted by atomic mass is 10.0. The maximum Gasteiger partial charge on any atom is 0.164 e. The molecule has 6 heteroatoms. The Morgan fingerprint density at radius 2 is 0.323 bits per heavy atom. The van der Waals surface area contributed by atoms with Crippen LogP contribution >= 0.6 is 0 Å². The molecule has 0 bridgehead atoms. The third-order valence-electron chi connectivity index (χ3n) is 19.7. The molecule has 0 atom stereocenters. The number of hydrogen-bond donors (Lipinski definition) is 0. The summed E-state index contributed by atoms with van der Waals surface area (Å²) in [7, 11) is 0. The maximum absolute atomic E-state index is 5.55. The molecule has 0 saturated heterocycles. The van der Waals surface area contributed by atoms with Crippen LogP contribution < -0.4 is 0 Å². The Hall–Kier alpha value is -13.3. The zero-order valence-electron chi connectivity index (χ0n) is 53.8. The van der Waals surface area contributed by atoms with Crippen molar-refractivity contribution in [3.8, 4) is 118 Å². The molecule has 0 fully saturated rings. The second kappa shape index (κ2) is 23.9. The van der Waals surface area contributed by atoms with Crippen molar-refractivity contribution in [2.24, 2.45) is 0 Å². The van der Waals surface area contributed by atoms with Crippen molar-refractivity contribution in [2.75, 3.05) is 0 Å². The molecule has 0 radical (unpaired) electrons. The molecule has 19 aromatic rings. The highest BCUT2D eigenvalue weighted by atomic mass is 15.0. The van der Waals surface area contributed by atoms with Crippen molar-refractivity contribution in [3.05, 3.63) is 364 Å². The molecule has 0 spiro atoms. The van der Waals surface area contributed by atoms with Gasteiger partial charge in [-0.3, -0.25) is 0 Å². The van der Waals surface area contributed by atoms with Gasteiger partial charge in [0.1, 0.15) is 0 Å². The predicted octanol–water partition coefficient (Wildman–Crippen LogP) is 24.2. The van der Waals surface area contributed by atoms with E-state index in [0.29, 0.717) is 17.5 Å². The van der Waals surface area contributed by atoms with Gasteiger partial charge in [-0.05, 0) is 176 Å². The van der Waals surface area contributed by atoms with Crippen LogP contribution in [0.4, 0.5) is 0 Å². The van der Waals surface area contributed by atoms with Crippen LogP contribution in [0.3, 0.4) is 0 Å². The first-order valence-corrected chi connectivity index (χ1v) is 33.7. The lowest BCUT2D eigenvalue weighted by Gasteiger charge is -2.14. The zero-order chi connectivity index (χ0) is 65.3. The zero-order valence-corrected chi connectivity index (χ0v) is 53.8. The van der Waals surface area contributed by atoms with Crippen LogP contribution in [0.2, 0.25) is 0 Å². The van der Waals surface area contributed by atoms with Gasteiger partial charge in [-0.1, -0.05) is 255 Å². The molecule has 4 aromatic heterocycles. The number of aromatic nitrogens is 6. The SMILES string of the molecule is c1ccc(-c2ccc3c(c2)c2cc(-c4ccccc4)ccc2n3-c2cccc(-c3nc(-c4cccc(-n5c6ccc(-c7ccccc7)cc6c6cc(-c7ccccc7)ccc65)c4)nc(-c4cccc(-n5c6ccc(-c7ccccc7)cc6c6cc(-c7ccccc7)ccc65)c4)n3)c2)cc1. The molecule has 0 aliphatic rings. The van der Waals surface area contributed by atoms with E-state index in [-0.39, 0.29) is 0 Å². The molecule has 0 unspecified atom stereocenters. The summed E-state index contributed by atoms with van der Waals surface area (Å²) in [6.07, 6.45) is 0. The van der Waals surface area contributed by atoms with Crippen LogP contribution in [-0.4, -0.2) is 28.7 Å². The van der Waals surface area contributed by atoms with E-state index in [1.807, 2.05) is 0 Å². The third-order valence-corrected chi connectivity index (χ3v) is 19.7. The maximum atomic E-state index is 5.55. The molecular formula is C93H60N6. The predicted molar refractivity (Wildman–Crippen MR) is 412 cm³/mol. The lowest BCUT2D eigenvalue weighted by molar-refractivity contribution is 1.07. The minimum atomic E-state index is 0.559. The number of benzene rings is 15. The molecule has 6 nitrogen and oxygen atoms in total. The third kappa shape index (κ3) is 10.2. The first-order chi connectivity index (χ1) is 49.0. The second-order valence-electron chi connectivity index (χ2n) is 25.6. The summed E-state index contributed by atoms with van der Waals surface area (Å²) in [5.74, 6) is 1.68. The molecule has 99 heavy (non-hydrogen) atoms. The number of hydrogen-bond acceptors (Lipinski definition) is 3. The summed E-state index contributed by atoms with van der Waals surface area (Å²) in [6.45, 7) is 0. The average molecular weight is 1260 g/mol. The van der Waals surface area contributed by atoms with E-state index in [1.54, 1.807) is 0 Å². The largest absolute Gasteiger partial charge is 0.309 e. The monoisotopic (exact) mass is 1260 g/mol. The summed E-state index contributed by atoms with van der Waals surface area (Å²) >= 11 is 0. The molecule has 0 aliphatic carbocycles. The van der Waals surface area contributed by atoms with Crippen molar-refractivity contribution in [2.45, 2.75) is 0 Å². The van der Waals surface area contributed by atoms with Gasteiger partial charge in [-0.2, -0.15) is 0 Å². The smallest absolute Gasteiger partial charge is 0.164 e. The average Bonchev–Trinajstić information content (AvgIpc) is 1.63. The van der Waals surface area contributed by atoms with Crippen LogP contribution in [0, 0.1) is 0 Å². The molecule has 0 aliphatic heterocycles. The Morgan fingerprint density at radius 3 is 0.515 bits per heavy atom. The van der Waals surface area contributed by atoms with Crippen molar-refractivity contribution < 1.29 is 0 Å². The molecule has 19 rings (SSSR count). The topological polar surface area (TPSA) is 53.5 Å². The summed E-state index contributed by atoms with van der Waals surface area (Å²) in [5, 5.41) is 7.04.